The zero-order chi connectivity index (χ0) is 14.2. The molecular formula is C14H18N4O. The molecule has 0 aliphatic carbocycles. The first-order chi connectivity index (χ1) is 8.90. The molecule has 0 spiro atoms. The summed E-state index contributed by atoms with van der Waals surface area (Å²) in [6.07, 6.45) is 0. The Morgan fingerprint density at radius 1 is 1.42 bits per heavy atom. The highest BCUT2D eigenvalue weighted by molar-refractivity contribution is 6.04. The summed E-state index contributed by atoms with van der Waals surface area (Å²) in [5.74, 6) is 0.0233. The predicted octanol–water partition coefficient (Wildman–Crippen LogP) is 1.08. The van der Waals surface area contributed by atoms with Gasteiger partial charge in [-0.2, -0.15) is 5.26 Å². The van der Waals surface area contributed by atoms with Gasteiger partial charge in [-0.15, -0.1) is 0 Å². The Balaban J connectivity index is 2.59. The summed E-state index contributed by atoms with van der Waals surface area (Å²) in [6, 6.07) is 7.47. The first kappa shape index (κ1) is 13.4. The molecule has 0 saturated heterocycles. The minimum atomic E-state index is -0.443. The van der Waals surface area contributed by atoms with E-state index in [9.17, 15) is 4.79 Å². The van der Waals surface area contributed by atoms with Gasteiger partial charge < -0.3 is 15.5 Å². The average molecular weight is 258 g/mol. The van der Waals surface area contributed by atoms with E-state index in [0.29, 0.717) is 18.7 Å². The number of nitrogens with zero attached hydrogens (tertiary/aromatic N) is 3. The van der Waals surface area contributed by atoms with Crippen LogP contribution in [0, 0.1) is 11.3 Å². The van der Waals surface area contributed by atoms with Crippen LogP contribution in [0.25, 0.3) is 0 Å². The highest BCUT2D eigenvalue weighted by Crippen LogP contribution is 2.37. The Morgan fingerprint density at radius 3 is 2.68 bits per heavy atom. The van der Waals surface area contributed by atoms with Crippen molar-refractivity contribution in [2.75, 3.05) is 29.9 Å². The second-order valence-electron chi connectivity index (χ2n) is 5.42. The van der Waals surface area contributed by atoms with Crippen LogP contribution in [0.15, 0.2) is 18.2 Å². The van der Waals surface area contributed by atoms with Crippen molar-refractivity contribution in [3.63, 3.8) is 0 Å². The molecule has 0 saturated carbocycles. The molecule has 1 aliphatic rings. The zero-order valence-corrected chi connectivity index (χ0v) is 11.5. The second-order valence-corrected chi connectivity index (χ2v) is 5.42. The minimum Gasteiger partial charge on any atom is -0.364 e. The molecular weight excluding hydrogens is 240 g/mol. The Bertz CT molecular complexity index is 559. The van der Waals surface area contributed by atoms with Crippen LogP contribution in [-0.2, 0) is 4.79 Å². The van der Waals surface area contributed by atoms with Crippen molar-refractivity contribution in [1.82, 2.24) is 0 Å². The van der Waals surface area contributed by atoms with E-state index in [4.69, 9.17) is 11.0 Å². The monoisotopic (exact) mass is 258 g/mol. The van der Waals surface area contributed by atoms with Crippen LogP contribution in [-0.4, -0.2) is 31.6 Å². The smallest absolute Gasteiger partial charge is 0.247 e. The number of carbonyl (C=O) groups is 1. The number of nitriles is 1. The number of rotatable bonds is 2. The van der Waals surface area contributed by atoms with Gasteiger partial charge in [-0.25, -0.2) is 0 Å². The molecule has 0 radical (unpaired) electrons. The van der Waals surface area contributed by atoms with Crippen molar-refractivity contribution in [3.05, 3.63) is 23.8 Å². The number of anilines is 2. The molecule has 1 amide bonds. The van der Waals surface area contributed by atoms with Gasteiger partial charge in [0.2, 0.25) is 5.91 Å². The zero-order valence-electron chi connectivity index (χ0n) is 11.5. The van der Waals surface area contributed by atoms with Crippen molar-refractivity contribution in [1.29, 1.82) is 5.26 Å². The van der Waals surface area contributed by atoms with Crippen LogP contribution in [0.3, 0.4) is 0 Å². The van der Waals surface area contributed by atoms with Crippen LogP contribution in [0.4, 0.5) is 11.4 Å². The van der Waals surface area contributed by atoms with Gasteiger partial charge in [-0.3, -0.25) is 4.79 Å². The van der Waals surface area contributed by atoms with E-state index in [1.165, 1.54) is 0 Å². The maximum atomic E-state index is 12.3. The maximum absolute atomic E-state index is 12.3. The van der Waals surface area contributed by atoms with Gasteiger partial charge in [0.15, 0.2) is 0 Å². The van der Waals surface area contributed by atoms with Crippen molar-refractivity contribution in [3.8, 4) is 6.07 Å². The molecule has 1 aromatic rings. The van der Waals surface area contributed by atoms with Crippen molar-refractivity contribution in [2.45, 2.75) is 19.4 Å². The number of fused-ring (bicyclic) bond motifs is 1. The lowest BCUT2D eigenvalue weighted by Gasteiger charge is -2.44. The van der Waals surface area contributed by atoms with Crippen LogP contribution >= 0.6 is 0 Å². The van der Waals surface area contributed by atoms with E-state index < -0.39 is 5.54 Å². The summed E-state index contributed by atoms with van der Waals surface area (Å²) in [6.45, 7) is 4.56. The first-order valence-electron chi connectivity index (χ1n) is 6.19. The highest BCUT2D eigenvalue weighted by Gasteiger charge is 2.36. The van der Waals surface area contributed by atoms with E-state index in [1.54, 1.807) is 17.0 Å². The third-order valence-corrected chi connectivity index (χ3v) is 3.48. The number of benzene rings is 1. The van der Waals surface area contributed by atoms with Crippen LogP contribution < -0.4 is 15.5 Å². The largest absolute Gasteiger partial charge is 0.364 e. The molecule has 0 bridgehead atoms. The predicted molar refractivity (Wildman–Crippen MR) is 75.0 cm³/mol. The van der Waals surface area contributed by atoms with Crippen molar-refractivity contribution in [2.24, 2.45) is 5.73 Å². The topological polar surface area (TPSA) is 73.4 Å². The maximum Gasteiger partial charge on any atom is 0.247 e. The third-order valence-electron chi connectivity index (χ3n) is 3.48. The lowest BCUT2D eigenvalue weighted by atomic mass is 9.98. The Kier molecular flexibility index (Phi) is 3.21. The second kappa shape index (κ2) is 4.56. The molecule has 5 heteroatoms. The summed E-state index contributed by atoms with van der Waals surface area (Å²) >= 11 is 0. The summed E-state index contributed by atoms with van der Waals surface area (Å²) in [5.41, 5.74) is 7.63. The van der Waals surface area contributed by atoms with Crippen molar-refractivity contribution < 1.29 is 4.79 Å². The van der Waals surface area contributed by atoms with Crippen LogP contribution in [0.2, 0.25) is 0 Å². The molecule has 1 aliphatic heterocycles. The molecule has 2 rings (SSSR count). The molecule has 0 aromatic heterocycles. The first-order valence-corrected chi connectivity index (χ1v) is 6.19. The summed E-state index contributed by atoms with van der Waals surface area (Å²) < 4.78 is 0. The Morgan fingerprint density at radius 2 is 2.11 bits per heavy atom. The molecule has 19 heavy (non-hydrogen) atoms. The summed E-state index contributed by atoms with van der Waals surface area (Å²) in [7, 11) is 1.85. The molecule has 0 unspecified atom stereocenters. The number of hydrogen-bond donors (Lipinski definition) is 1. The summed E-state index contributed by atoms with van der Waals surface area (Å²) in [5, 5.41) is 8.98. The van der Waals surface area contributed by atoms with E-state index in [2.05, 4.69) is 6.07 Å². The number of hydrogen-bond acceptors (Lipinski definition) is 4. The number of carbonyl (C=O) groups excluding carboxylic acids is 1. The van der Waals surface area contributed by atoms with Crippen LogP contribution in [0.5, 0.6) is 0 Å². The molecule has 0 fully saturated rings. The van der Waals surface area contributed by atoms with Gasteiger partial charge >= 0.3 is 0 Å². The SMILES string of the molecule is CN1CC(=O)N(C(C)(C)CN)c2ccc(C#N)cc21. The summed E-state index contributed by atoms with van der Waals surface area (Å²) in [4.78, 5) is 15.9. The van der Waals surface area contributed by atoms with E-state index in [0.717, 1.165) is 11.4 Å². The molecule has 100 valence electrons. The van der Waals surface area contributed by atoms with Crippen LogP contribution in [0.1, 0.15) is 19.4 Å². The van der Waals surface area contributed by atoms with Gasteiger partial charge in [0.05, 0.1) is 35.1 Å². The van der Waals surface area contributed by atoms with Gasteiger partial charge in [0.25, 0.3) is 0 Å². The molecule has 0 atom stereocenters. The lowest BCUT2D eigenvalue weighted by Crippen LogP contribution is -2.57. The van der Waals surface area contributed by atoms with E-state index in [-0.39, 0.29) is 5.91 Å². The fourth-order valence-electron chi connectivity index (χ4n) is 2.34. The Labute approximate surface area is 113 Å². The Hall–Kier alpha value is -2.06. The van der Waals surface area contributed by atoms with Gasteiger partial charge in [-0.1, -0.05) is 0 Å². The molecule has 2 N–H and O–H groups in total. The number of amides is 1. The van der Waals surface area contributed by atoms with Gasteiger partial charge in [0.1, 0.15) is 0 Å². The van der Waals surface area contributed by atoms with E-state index >= 15 is 0 Å². The number of nitrogens with two attached hydrogens (primary N) is 1. The quantitative estimate of drug-likeness (QED) is 0.861. The standard InChI is InChI=1S/C14H18N4O/c1-14(2,9-16)18-11-5-4-10(7-15)6-12(11)17(3)8-13(18)19/h4-6H,8-9,16H2,1-3H3. The third kappa shape index (κ3) is 2.15. The fourth-order valence-corrected chi connectivity index (χ4v) is 2.34. The normalized spacial score (nSPS) is 15.2. The lowest BCUT2D eigenvalue weighted by molar-refractivity contribution is -0.118. The van der Waals surface area contributed by atoms with E-state index in [1.807, 2.05) is 31.9 Å². The molecule has 1 heterocycles. The molecule has 1 aromatic carbocycles. The average Bonchev–Trinajstić information content (AvgIpc) is 2.38. The fraction of sp³-hybridized carbons (Fsp3) is 0.429. The van der Waals surface area contributed by atoms with Crippen molar-refractivity contribution >= 4 is 17.3 Å². The molecule has 5 nitrogen and oxygen atoms in total. The highest BCUT2D eigenvalue weighted by atomic mass is 16.2. The van der Waals surface area contributed by atoms with Gasteiger partial charge in [0, 0.05) is 13.6 Å². The van der Waals surface area contributed by atoms with Gasteiger partial charge in [-0.05, 0) is 32.0 Å². The number of likely N-dealkylation sites (N-methyl/N-ethyl adjacent to an activating group) is 1. The minimum absolute atomic E-state index is 0.0233.